The van der Waals surface area contributed by atoms with Crippen molar-refractivity contribution in [2.24, 2.45) is 0 Å². The fraction of sp³-hybridized carbons (Fsp3) is 0.818. The minimum atomic E-state index is 0.194. The molecule has 1 unspecified atom stereocenters. The van der Waals surface area contributed by atoms with Crippen LogP contribution in [0.4, 0.5) is 0 Å². The summed E-state index contributed by atoms with van der Waals surface area (Å²) in [5.41, 5.74) is 3.82. The van der Waals surface area contributed by atoms with Crippen LogP contribution >= 0.6 is 0 Å². The highest BCUT2D eigenvalue weighted by Gasteiger charge is 2.26. The Labute approximate surface area is 174 Å². The van der Waals surface area contributed by atoms with E-state index in [0.717, 1.165) is 70.8 Å². The Morgan fingerprint density at radius 3 is 2.72 bits per heavy atom. The molecule has 0 radical (unpaired) electrons. The van der Waals surface area contributed by atoms with E-state index in [9.17, 15) is 4.79 Å². The molecule has 1 aromatic heterocycles. The van der Waals surface area contributed by atoms with Crippen LogP contribution < -0.4 is 5.32 Å². The minimum Gasteiger partial charge on any atom is -0.376 e. The molecule has 1 amide bonds. The monoisotopic (exact) mass is 403 g/mol. The standard InChI is InChI=1S/C22H37N5O2/c1-2-27-21-9-13-29-17-19(21)20(24-27)15-26-12-7-8-18(14-26)23-22(28)16-25-10-5-3-4-6-11-25/h18H,2-17H2,1H3,(H,23,28). The van der Waals surface area contributed by atoms with Crippen molar-refractivity contribution in [2.75, 3.05) is 39.3 Å². The third-order valence-corrected chi connectivity index (χ3v) is 6.59. The number of carbonyl (C=O) groups excluding carboxylic acids is 1. The van der Waals surface area contributed by atoms with Gasteiger partial charge in [0.1, 0.15) is 0 Å². The van der Waals surface area contributed by atoms with Gasteiger partial charge in [-0.2, -0.15) is 5.10 Å². The lowest BCUT2D eigenvalue weighted by Crippen LogP contribution is -2.50. The summed E-state index contributed by atoms with van der Waals surface area (Å²) < 4.78 is 7.86. The number of piperidine rings is 1. The molecule has 7 nitrogen and oxygen atoms in total. The van der Waals surface area contributed by atoms with E-state index in [1.54, 1.807) is 0 Å². The summed E-state index contributed by atoms with van der Waals surface area (Å²) in [7, 11) is 0. The van der Waals surface area contributed by atoms with Gasteiger partial charge in [0, 0.05) is 43.4 Å². The topological polar surface area (TPSA) is 62.6 Å². The first-order valence-electron chi connectivity index (χ1n) is 11.6. The molecule has 0 aliphatic carbocycles. The zero-order valence-corrected chi connectivity index (χ0v) is 18.0. The average molecular weight is 404 g/mol. The fourth-order valence-electron chi connectivity index (χ4n) is 5.07. The van der Waals surface area contributed by atoms with Crippen molar-refractivity contribution in [2.45, 2.75) is 77.6 Å². The molecule has 0 bridgehead atoms. The number of carbonyl (C=O) groups is 1. The number of hydrogen-bond acceptors (Lipinski definition) is 5. The molecule has 1 atom stereocenters. The Morgan fingerprint density at radius 2 is 1.93 bits per heavy atom. The van der Waals surface area contributed by atoms with Crippen LogP contribution in [-0.4, -0.2) is 70.9 Å². The van der Waals surface area contributed by atoms with Crippen molar-refractivity contribution in [3.8, 4) is 0 Å². The van der Waals surface area contributed by atoms with Crippen molar-refractivity contribution < 1.29 is 9.53 Å². The maximum Gasteiger partial charge on any atom is 0.234 e. The van der Waals surface area contributed by atoms with Gasteiger partial charge in [-0.05, 0) is 52.2 Å². The van der Waals surface area contributed by atoms with E-state index in [2.05, 4.69) is 26.7 Å². The van der Waals surface area contributed by atoms with Crippen LogP contribution in [0.5, 0.6) is 0 Å². The number of rotatable bonds is 6. The number of aromatic nitrogens is 2. The lowest BCUT2D eigenvalue weighted by atomic mass is 10.0. The van der Waals surface area contributed by atoms with Crippen molar-refractivity contribution in [3.63, 3.8) is 0 Å². The van der Waals surface area contributed by atoms with Crippen LogP contribution in [0.3, 0.4) is 0 Å². The Balaban J connectivity index is 1.30. The van der Waals surface area contributed by atoms with E-state index in [-0.39, 0.29) is 11.9 Å². The van der Waals surface area contributed by atoms with E-state index in [0.29, 0.717) is 13.2 Å². The molecule has 2 saturated heterocycles. The highest BCUT2D eigenvalue weighted by Crippen LogP contribution is 2.23. The van der Waals surface area contributed by atoms with E-state index in [4.69, 9.17) is 9.84 Å². The average Bonchev–Trinajstić information content (AvgIpc) is 2.88. The number of nitrogens with zero attached hydrogens (tertiary/aromatic N) is 4. The summed E-state index contributed by atoms with van der Waals surface area (Å²) in [4.78, 5) is 17.4. The SMILES string of the molecule is CCn1nc(CN2CCCC(NC(=O)CN3CCCCCC3)C2)c2c1CCOC2. The quantitative estimate of drug-likeness (QED) is 0.786. The summed E-state index contributed by atoms with van der Waals surface area (Å²) in [6.45, 7) is 10.1. The molecule has 3 aliphatic rings. The Bertz CT molecular complexity index is 681. The normalized spacial score (nSPS) is 24.1. The Hall–Kier alpha value is -1.44. The summed E-state index contributed by atoms with van der Waals surface area (Å²) in [6.07, 6.45) is 8.22. The lowest BCUT2D eigenvalue weighted by molar-refractivity contribution is -0.123. The van der Waals surface area contributed by atoms with Crippen LogP contribution in [0.15, 0.2) is 0 Å². The van der Waals surface area contributed by atoms with Crippen molar-refractivity contribution in [1.82, 2.24) is 24.9 Å². The second-order valence-corrected chi connectivity index (χ2v) is 8.82. The minimum absolute atomic E-state index is 0.194. The largest absolute Gasteiger partial charge is 0.376 e. The first-order valence-corrected chi connectivity index (χ1v) is 11.6. The first-order chi connectivity index (χ1) is 14.2. The Kier molecular flexibility index (Phi) is 7.21. The highest BCUT2D eigenvalue weighted by atomic mass is 16.5. The molecule has 3 aliphatic heterocycles. The predicted octanol–water partition coefficient (Wildman–Crippen LogP) is 1.93. The van der Waals surface area contributed by atoms with Crippen LogP contribution in [0.2, 0.25) is 0 Å². The number of amides is 1. The molecule has 1 N–H and O–H groups in total. The number of aryl methyl sites for hydroxylation is 1. The van der Waals surface area contributed by atoms with Gasteiger partial charge in [0.25, 0.3) is 0 Å². The highest BCUT2D eigenvalue weighted by molar-refractivity contribution is 5.78. The summed E-state index contributed by atoms with van der Waals surface area (Å²) in [6, 6.07) is 0.253. The second kappa shape index (κ2) is 10.0. The van der Waals surface area contributed by atoms with Crippen molar-refractivity contribution in [1.29, 1.82) is 0 Å². The zero-order valence-electron chi connectivity index (χ0n) is 18.0. The molecule has 2 fully saturated rings. The van der Waals surface area contributed by atoms with Crippen LogP contribution in [0.1, 0.15) is 62.4 Å². The molecule has 7 heteroatoms. The van der Waals surface area contributed by atoms with E-state index in [1.165, 1.54) is 36.9 Å². The number of nitrogens with one attached hydrogen (secondary N) is 1. The second-order valence-electron chi connectivity index (χ2n) is 8.82. The van der Waals surface area contributed by atoms with Gasteiger partial charge in [0.15, 0.2) is 0 Å². The first kappa shape index (κ1) is 20.8. The van der Waals surface area contributed by atoms with Gasteiger partial charge in [-0.3, -0.25) is 19.3 Å². The van der Waals surface area contributed by atoms with Gasteiger partial charge < -0.3 is 10.1 Å². The summed E-state index contributed by atoms with van der Waals surface area (Å²) in [5.74, 6) is 0.194. The smallest absolute Gasteiger partial charge is 0.234 e. The molecule has 4 heterocycles. The third-order valence-electron chi connectivity index (χ3n) is 6.59. The van der Waals surface area contributed by atoms with Crippen LogP contribution in [-0.2, 0) is 35.6 Å². The van der Waals surface area contributed by atoms with Gasteiger partial charge in [-0.1, -0.05) is 12.8 Å². The van der Waals surface area contributed by atoms with Crippen LogP contribution in [0.25, 0.3) is 0 Å². The maximum absolute atomic E-state index is 12.6. The fourth-order valence-corrected chi connectivity index (χ4v) is 5.07. The number of likely N-dealkylation sites (tertiary alicyclic amines) is 2. The number of ether oxygens (including phenoxy) is 1. The molecular weight excluding hydrogens is 366 g/mol. The van der Waals surface area contributed by atoms with Crippen LogP contribution in [0, 0.1) is 0 Å². The Morgan fingerprint density at radius 1 is 1.14 bits per heavy atom. The van der Waals surface area contributed by atoms with Gasteiger partial charge in [0.05, 0.1) is 25.5 Å². The third kappa shape index (κ3) is 5.38. The number of fused-ring (bicyclic) bond motifs is 1. The maximum atomic E-state index is 12.6. The zero-order chi connectivity index (χ0) is 20.1. The summed E-state index contributed by atoms with van der Waals surface area (Å²) in [5, 5.41) is 8.19. The summed E-state index contributed by atoms with van der Waals surface area (Å²) >= 11 is 0. The van der Waals surface area contributed by atoms with Crippen molar-refractivity contribution in [3.05, 3.63) is 17.0 Å². The van der Waals surface area contributed by atoms with Gasteiger partial charge in [-0.25, -0.2) is 0 Å². The van der Waals surface area contributed by atoms with Gasteiger partial charge >= 0.3 is 0 Å². The van der Waals surface area contributed by atoms with E-state index < -0.39 is 0 Å². The molecule has 0 aromatic carbocycles. The van der Waals surface area contributed by atoms with Gasteiger partial charge in [-0.15, -0.1) is 0 Å². The molecule has 0 spiro atoms. The van der Waals surface area contributed by atoms with E-state index in [1.807, 2.05) is 0 Å². The lowest BCUT2D eigenvalue weighted by Gasteiger charge is -2.33. The molecule has 4 rings (SSSR count). The van der Waals surface area contributed by atoms with E-state index >= 15 is 0 Å². The molecule has 29 heavy (non-hydrogen) atoms. The molecule has 0 saturated carbocycles. The number of hydrogen-bond donors (Lipinski definition) is 1. The van der Waals surface area contributed by atoms with Gasteiger partial charge in [0.2, 0.25) is 5.91 Å². The predicted molar refractivity (Wildman–Crippen MR) is 113 cm³/mol. The van der Waals surface area contributed by atoms with Crippen molar-refractivity contribution >= 4 is 5.91 Å². The molecule has 162 valence electrons. The molecular formula is C22H37N5O2. The molecule has 1 aromatic rings.